The van der Waals surface area contributed by atoms with Crippen LogP contribution in [0.5, 0.6) is 0 Å². The summed E-state index contributed by atoms with van der Waals surface area (Å²) >= 11 is 6.21. The van der Waals surface area contributed by atoms with Gasteiger partial charge in [-0.05, 0) is 43.4 Å². The normalized spacial score (nSPS) is 16.3. The zero-order valence-corrected chi connectivity index (χ0v) is 25.5. The molecule has 0 saturated carbocycles. The highest BCUT2D eigenvalue weighted by molar-refractivity contribution is 6.33. The quantitative estimate of drug-likeness (QED) is 0.435. The molecule has 0 aliphatic carbocycles. The van der Waals surface area contributed by atoms with E-state index in [0.29, 0.717) is 38.9 Å². The van der Waals surface area contributed by atoms with Crippen LogP contribution in [0.1, 0.15) is 43.9 Å². The van der Waals surface area contributed by atoms with E-state index in [0.717, 1.165) is 27.2 Å². The standard InChI is InChI=1S/C32H35ClFN5O5/c1-20(17-35-21(2)40)39-31(43)26(25-8-5-9-27(34)30(25)33)18-37(32(39)44)19-29(42)36-13-11-24(12-14-36)38-15-10-22-6-3-4-7-23(22)16-28(38)41/h3-9,18,20,24H,10-17,19H2,1-2H3,(H,35,40)/t20-/m0/s1. The third-order valence-corrected chi connectivity index (χ3v) is 8.87. The molecule has 0 bridgehead atoms. The van der Waals surface area contributed by atoms with Crippen LogP contribution in [0.15, 0.2) is 58.3 Å². The van der Waals surface area contributed by atoms with Crippen molar-refractivity contribution in [2.45, 2.75) is 58.2 Å². The number of likely N-dealkylation sites (tertiary alicyclic amines) is 1. The summed E-state index contributed by atoms with van der Waals surface area (Å²) < 4.78 is 16.4. The van der Waals surface area contributed by atoms with Gasteiger partial charge in [-0.15, -0.1) is 0 Å². The van der Waals surface area contributed by atoms with Gasteiger partial charge in [-0.25, -0.2) is 9.18 Å². The van der Waals surface area contributed by atoms with E-state index in [1.807, 2.05) is 23.1 Å². The first kappa shape index (κ1) is 31.2. The Labute approximate surface area is 259 Å². The minimum Gasteiger partial charge on any atom is -0.354 e. The molecule has 5 rings (SSSR count). The summed E-state index contributed by atoms with van der Waals surface area (Å²) in [5.41, 5.74) is 0.841. The predicted octanol–water partition coefficient (Wildman–Crippen LogP) is 2.79. The first-order valence-electron chi connectivity index (χ1n) is 14.7. The maximum atomic E-state index is 14.3. The van der Waals surface area contributed by atoms with Gasteiger partial charge in [0.1, 0.15) is 12.4 Å². The van der Waals surface area contributed by atoms with Gasteiger partial charge in [0.15, 0.2) is 0 Å². The van der Waals surface area contributed by atoms with Gasteiger partial charge in [0.25, 0.3) is 5.56 Å². The van der Waals surface area contributed by atoms with Crippen molar-refractivity contribution in [2.75, 3.05) is 26.2 Å². The summed E-state index contributed by atoms with van der Waals surface area (Å²) in [6.45, 7) is 4.01. The average Bonchev–Trinajstić information content (AvgIpc) is 3.17. The van der Waals surface area contributed by atoms with Crippen molar-refractivity contribution >= 4 is 29.3 Å². The molecular weight excluding hydrogens is 589 g/mol. The molecular formula is C32H35ClFN5O5. The molecule has 0 spiro atoms. The van der Waals surface area contributed by atoms with E-state index in [1.54, 1.807) is 11.8 Å². The Morgan fingerprint density at radius 3 is 2.41 bits per heavy atom. The topological polar surface area (TPSA) is 114 Å². The lowest BCUT2D eigenvalue weighted by Crippen LogP contribution is -2.51. The molecule has 3 amide bonds. The lowest BCUT2D eigenvalue weighted by Gasteiger charge is -2.38. The largest absolute Gasteiger partial charge is 0.354 e. The number of benzene rings is 2. The summed E-state index contributed by atoms with van der Waals surface area (Å²) in [7, 11) is 0. The number of carbonyl (C=O) groups is 3. The number of halogens is 2. The van der Waals surface area contributed by atoms with Crippen LogP contribution in [-0.4, -0.2) is 68.9 Å². The molecule has 1 saturated heterocycles. The Morgan fingerprint density at radius 1 is 1.00 bits per heavy atom. The fourth-order valence-electron chi connectivity index (χ4n) is 6.07. The number of aromatic nitrogens is 2. The second-order valence-electron chi connectivity index (χ2n) is 11.4. The number of amides is 3. The van der Waals surface area contributed by atoms with E-state index < -0.39 is 23.1 Å². The zero-order valence-electron chi connectivity index (χ0n) is 24.7. The average molecular weight is 624 g/mol. The van der Waals surface area contributed by atoms with Crippen molar-refractivity contribution in [3.8, 4) is 11.1 Å². The molecule has 1 atom stereocenters. The number of hydrogen-bond acceptors (Lipinski definition) is 5. The lowest BCUT2D eigenvalue weighted by molar-refractivity contribution is -0.136. The third-order valence-electron chi connectivity index (χ3n) is 8.48. The van der Waals surface area contributed by atoms with Gasteiger partial charge < -0.3 is 15.1 Å². The zero-order chi connectivity index (χ0) is 31.5. The highest BCUT2D eigenvalue weighted by Gasteiger charge is 2.31. The van der Waals surface area contributed by atoms with Crippen LogP contribution in [0.25, 0.3) is 11.1 Å². The minimum absolute atomic E-state index is 0.00736. The van der Waals surface area contributed by atoms with E-state index in [4.69, 9.17) is 11.6 Å². The second-order valence-corrected chi connectivity index (χ2v) is 11.8. The summed E-state index contributed by atoms with van der Waals surface area (Å²) in [4.78, 5) is 68.7. The van der Waals surface area contributed by atoms with Crippen molar-refractivity contribution < 1.29 is 18.8 Å². The van der Waals surface area contributed by atoms with Crippen molar-refractivity contribution in [2.24, 2.45) is 0 Å². The molecule has 232 valence electrons. The molecule has 1 fully saturated rings. The predicted molar refractivity (Wildman–Crippen MR) is 164 cm³/mol. The number of hydrogen-bond donors (Lipinski definition) is 1. The maximum Gasteiger partial charge on any atom is 0.331 e. The Hall–Kier alpha value is -4.25. The van der Waals surface area contributed by atoms with Crippen LogP contribution in [0.2, 0.25) is 5.02 Å². The summed E-state index contributed by atoms with van der Waals surface area (Å²) in [6.07, 6.45) is 3.62. The molecule has 44 heavy (non-hydrogen) atoms. The number of rotatable bonds is 7. The van der Waals surface area contributed by atoms with Crippen molar-refractivity contribution in [1.29, 1.82) is 0 Å². The number of nitrogens with zero attached hydrogens (tertiary/aromatic N) is 4. The van der Waals surface area contributed by atoms with Gasteiger partial charge in [-0.3, -0.25) is 28.3 Å². The van der Waals surface area contributed by atoms with Crippen molar-refractivity contribution in [3.63, 3.8) is 0 Å². The molecule has 0 radical (unpaired) electrons. The van der Waals surface area contributed by atoms with E-state index in [1.165, 1.54) is 30.8 Å². The van der Waals surface area contributed by atoms with E-state index in [2.05, 4.69) is 11.4 Å². The Morgan fingerprint density at radius 2 is 1.70 bits per heavy atom. The molecule has 10 nitrogen and oxygen atoms in total. The first-order valence-corrected chi connectivity index (χ1v) is 15.1. The van der Waals surface area contributed by atoms with Gasteiger partial charge in [0.05, 0.1) is 23.0 Å². The first-order chi connectivity index (χ1) is 21.0. The van der Waals surface area contributed by atoms with Gasteiger partial charge in [0.2, 0.25) is 17.7 Å². The second kappa shape index (κ2) is 13.2. The lowest BCUT2D eigenvalue weighted by atomic mass is 10.0. The fourth-order valence-corrected chi connectivity index (χ4v) is 6.29. The Kier molecular flexibility index (Phi) is 9.33. The minimum atomic E-state index is -0.763. The van der Waals surface area contributed by atoms with E-state index in [-0.39, 0.29) is 53.0 Å². The van der Waals surface area contributed by atoms with Gasteiger partial charge >= 0.3 is 5.69 Å². The number of carbonyl (C=O) groups excluding carboxylic acids is 3. The number of piperidine rings is 1. The molecule has 1 aromatic heterocycles. The smallest absolute Gasteiger partial charge is 0.331 e. The summed E-state index contributed by atoms with van der Waals surface area (Å²) in [6, 6.07) is 11.3. The number of fused-ring (bicyclic) bond motifs is 1. The molecule has 2 aliphatic rings. The molecule has 12 heteroatoms. The van der Waals surface area contributed by atoms with Crippen molar-refractivity contribution in [3.05, 3.63) is 91.5 Å². The van der Waals surface area contributed by atoms with Crippen LogP contribution < -0.4 is 16.6 Å². The van der Waals surface area contributed by atoms with E-state index >= 15 is 0 Å². The van der Waals surface area contributed by atoms with Crippen LogP contribution in [0.3, 0.4) is 0 Å². The molecule has 3 aromatic rings. The Balaban J connectivity index is 1.35. The molecule has 0 unspecified atom stereocenters. The highest BCUT2D eigenvalue weighted by Crippen LogP contribution is 2.28. The summed E-state index contributed by atoms with van der Waals surface area (Å²) in [5.74, 6) is -1.30. The SMILES string of the molecule is CC(=O)NC[C@H](C)n1c(=O)c(-c2cccc(F)c2Cl)cn(CC(=O)N2CCC(N3CCc4ccccc4CC3=O)CC2)c1=O. The number of nitrogens with one attached hydrogen (secondary N) is 1. The van der Waals surface area contributed by atoms with Crippen LogP contribution in [0, 0.1) is 5.82 Å². The van der Waals surface area contributed by atoms with Crippen molar-refractivity contribution in [1.82, 2.24) is 24.3 Å². The van der Waals surface area contributed by atoms with Gasteiger partial charge in [0, 0.05) is 50.9 Å². The van der Waals surface area contributed by atoms with Crippen LogP contribution >= 0.6 is 11.6 Å². The maximum absolute atomic E-state index is 14.3. The van der Waals surface area contributed by atoms with Gasteiger partial charge in [-0.2, -0.15) is 0 Å². The molecule has 1 N–H and O–H groups in total. The molecule has 3 heterocycles. The Bertz CT molecular complexity index is 1710. The summed E-state index contributed by atoms with van der Waals surface area (Å²) in [5, 5.41) is 2.32. The van der Waals surface area contributed by atoms with E-state index in [9.17, 15) is 28.4 Å². The molecule has 2 aromatic carbocycles. The van der Waals surface area contributed by atoms with Crippen LogP contribution in [0.4, 0.5) is 4.39 Å². The highest BCUT2D eigenvalue weighted by atomic mass is 35.5. The fraction of sp³-hybridized carbons (Fsp3) is 0.406. The monoisotopic (exact) mass is 623 g/mol. The molecule has 2 aliphatic heterocycles. The third kappa shape index (κ3) is 6.47. The van der Waals surface area contributed by atoms with Crippen LogP contribution in [-0.2, 0) is 33.8 Å². The van der Waals surface area contributed by atoms with Gasteiger partial charge in [-0.1, -0.05) is 48.0 Å².